The number of carbonyl (C=O) groups is 1. The van der Waals surface area contributed by atoms with Gasteiger partial charge in [0.1, 0.15) is 0 Å². The van der Waals surface area contributed by atoms with Gasteiger partial charge in [0.2, 0.25) is 10.0 Å². The predicted molar refractivity (Wildman–Crippen MR) is 66.9 cm³/mol. The fourth-order valence-electron chi connectivity index (χ4n) is 2.54. The molecule has 0 unspecified atom stereocenters. The van der Waals surface area contributed by atoms with E-state index in [-0.39, 0.29) is 17.3 Å². The second-order valence-corrected chi connectivity index (χ2v) is 7.21. The number of carboxylic acid groups (broad SMARTS) is 1. The third-order valence-electron chi connectivity index (χ3n) is 3.88. The molecule has 3 N–H and O–H groups in total. The molecule has 0 aromatic carbocycles. The summed E-state index contributed by atoms with van der Waals surface area (Å²) in [6.07, 6.45) is 4.34. The van der Waals surface area contributed by atoms with Gasteiger partial charge < -0.3 is 10.4 Å². The van der Waals surface area contributed by atoms with Crippen LogP contribution in [-0.4, -0.2) is 37.0 Å². The molecule has 18 heavy (non-hydrogen) atoms. The summed E-state index contributed by atoms with van der Waals surface area (Å²) in [7, 11) is -3.15. The molecule has 0 bridgehead atoms. The Kier molecular flexibility index (Phi) is 4.11. The lowest BCUT2D eigenvalue weighted by Crippen LogP contribution is -2.47. The van der Waals surface area contributed by atoms with Crippen LogP contribution >= 0.6 is 0 Å². The molecule has 0 atom stereocenters. The molecule has 0 aliphatic heterocycles. The van der Waals surface area contributed by atoms with Gasteiger partial charge in [-0.1, -0.05) is 6.42 Å². The number of nitrogens with one attached hydrogen (secondary N) is 2. The molecule has 1 amide bonds. The highest BCUT2D eigenvalue weighted by molar-refractivity contribution is 7.90. The molecule has 7 heteroatoms. The van der Waals surface area contributed by atoms with Crippen LogP contribution < -0.4 is 10.0 Å². The number of hydrogen-bond donors (Lipinski definition) is 3. The van der Waals surface area contributed by atoms with Crippen molar-refractivity contribution in [3.8, 4) is 0 Å². The normalized spacial score (nSPS) is 29.6. The second-order valence-electron chi connectivity index (χ2n) is 5.21. The SMILES string of the molecule is O=C(O)NC1CCC(NS(=O)(=O)C2CCC2)CC1. The predicted octanol–water partition coefficient (Wildman–Crippen LogP) is 1.04. The van der Waals surface area contributed by atoms with Crippen molar-refractivity contribution in [2.24, 2.45) is 0 Å². The summed E-state index contributed by atoms with van der Waals surface area (Å²) in [6, 6.07) is -0.0607. The summed E-state index contributed by atoms with van der Waals surface area (Å²) in [4.78, 5) is 10.5. The molecular weight excluding hydrogens is 256 g/mol. The Balaban J connectivity index is 1.78. The van der Waals surface area contributed by atoms with Crippen LogP contribution in [0.5, 0.6) is 0 Å². The van der Waals surface area contributed by atoms with E-state index >= 15 is 0 Å². The van der Waals surface area contributed by atoms with Gasteiger partial charge in [0, 0.05) is 12.1 Å². The number of sulfonamides is 1. The Morgan fingerprint density at radius 1 is 1.00 bits per heavy atom. The zero-order chi connectivity index (χ0) is 13.2. The molecule has 2 saturated carbocycles. The highest BCUT2D eigenvalue weighted by atomic mass is 32.2. The molecule has 2 aliphatic carbocycles. The van der Waals surface area contributed by atoms with Crippen LogP contribution in [0.4, 0.5) is 4.79 Å². The first-order valence-electron chi connectivity index (χ1n) is 6.48. The van der Waals surface area contributed by atoms with Crippen molar-refractivity contribution < 1.29 is 18.3 Å². The molecule has 6 nitrogen and oxygen atoms in total. The van der Waals surface area contributed by atoms with Gasteiger partial charge in [0.25, 0.3) is 0 Å². The smallest absolute Gasteiger partial charge is 0.404 e. The van der Waals surface area contributed by atoms with Crippen LogP contribution in [0.3, 0.4) is 0 Å². The van der Waals surface area contributed by atoms with Crippen molar-refractivity contribution in [1.82, 2.24) is 10.0 Å². The third-order valence-corrected chi connectivity index (χ3v) is 5.89. The standard InChI is InChI=1S/C11H20N2O4S/c14-11(15)12-8-4-6-9(7-5-8)13-18(16,17)10-2-1-3-10/h8-10,12-13H,1-7H2,(H,14,15). The monoisotopic (exact) mass is 276 g/mol. The fourth-order valence-corrected chi connectivity index (χ4v) is 4.39. The Bertz CT molecular complexity index is 397. The molecule has 0 radical (unpaired) electrons. The molecule has 0 aromatic rings. The van der Waals surface area contributed by atoms with E-state index in [0.717, 1.165) is 19.3 Å². The fraction of sp³-hybridized carbons (Fsp3) is 0.909. The highest BCUT2D eigenvalue weighted by Gasteiger charge is 2.34. The summed E-state index contributed by atoms with van der Waals surface area (Å²) < 4.78 is 26.6. The van der Waals surface area contributed by atoms with Crippen molar-refractivity contribution >= 4 is 16.1 Å². The Morgan fingerprint density at radius 2 is 1.56 bits per heavy atom. The lowest BCUT2D eigenvalue weighted by molar-refractivity contribution is 0.184. The van der Waals surface area contributed by atoms with E-state index < -0.39 is 16.1 Å². The van der Waals surface area contributed by atoms with E-state index in [1.54, 1.807) is 0 Å². The first kappa shape index (κ1) is 13.6. The summed E-state index contributed by atoms with van der Waals surface area (Å²) in [5, 5.41) is 10.9. The molecule has 2 aliphatic rings. The maximum absolute atomic E-state index is 11.9. The van der Waals surface area contributed by atoms with E-state index in [1.165, 1.54) is 0 Å². The first-order chi connectivity index (χ1) is 8.47. The van der Waals surface area contributed by atoms with Crippen molar-refractivity contribution in [3.05, 3.63) is 0 Å². The minimum atomic E-state index is -3.15. The zero-order valence-electron chi connectivity index (χ0n) is 10.3. The first-order valence-corrected chi connectivity index (χ1v) is 8.02. The van der Waals surface area contributed by atoms with E-state index in [4.69, 9.17) is 5.11 Å². The zero-order valence-corrected chi connectivity index (χ0v) is 11.1. The van der Waals surface area contributed by atoms with Gasteiger partial charge >= 0.3 is 6.09 Å². The number of hydrogen-bond acceptors (Lipinski definition) is 3. The van der Waals surface area contributed by atoms with Crippen LogP contribution in [-0.2, 0) is 10.0 Å². The summed E-state index contributed by atoms with van der Waals surface area (Å²) in [6.45, 7) is 0. The molecule has 0 spiro atoms. The van der Waals surface area contributed by atoms with E-state index in [2.05, 4.69) is 10.0 Å². The summed E-state index contributed by atoms with van der Waals surface area (Å²) in [5.74, 6) is 0. The van der Waals surface area contributed by atoms with Crippen LogP contribution in [0, 0.1) is 0 Å². The molecule has 0 saturated heterocycles. The van der Waals surface area contributed by atoms with Gasteiger partial charge in [-0.2, -0.15) is 0 Å². The topological polar surface area (TPSA) is 95.5 Å². The largest absolute Gasteiger partial charge is 0.465 e. The average Bonchev–Trinajstić information content (AvgIpc) is 2.16. The molecule has 104 valence electrons. The van der Waals surface area contributed by atoms with Crippen LogP contribution in [0.25, 0.3) is 0 Å². The third kappa shape index (κ3) is 3.35. The molecule has 0 aromatic heterocycles. The average molecular weight is 276 g/mol. The van der Waals surface area contributed by atoms with Gasteiger partial charge in [-0.3, -0.25) is 0 Å². The van der Waals surface area contributed by atoms with Crippen LogP contribution in [0.2, 0.25) is 0 Å². The molecular formula is C11H20N2O4S. The second kappa shape index (κ2) is 5.44. The maximum Gasteiger partial charge on any atom is 0.404 e. The summed E-state index contributed by atoms with van der Waals surface area (Å²) >= 11 is 0. The van der Waals surface area contributed by atoms with Crippen molar-refractivity contribution in [2.75, 3.05) is 0 Å². The molecule has 0 heterocycles. The lowest BCUT2D eigenvalue weighted by atomic mass is 9.92. The molecule has 2 rings (SSSR count). The van der Waals surface area contributed by atoms with Gasteiger partial charge in [-0.15, -0.1) is 0 Å². The lowest BCUT2D eigenvalue weighted by Gasteiger charge is -2.32. The van der Waals surface area contributed by atoms with Gasteiger partial charge in [-0.05, 0) is 38.5 Å². The Hall–Kier alpha value is -0.820. The van der Waals surface area contributed by atoms with E-state index in [0.29, 0.717) is 25.7 Å². The van der Waals surface area contributed by atoms with E-state index in [9.17, 15) is 13.2 Å². The Morgan fingerprint density at radius 3 is 2.00 bits per heavy atom. The number of amides is 1. The Labute approximate surface area is 107 Å². The number of rotatable bonds is 4. The van der Waals surface area contributed by atoms with Crippen LogP contribution in [0.1, 0.15) is 44.9 Å². The van der Waals surface area contributed by atoms with E-state index in [1.807, 2.05) is 0 Å². The van der Waals surface area contributed by atoms with Crippen molar-refractivity contribution in [2.45, 2.75) is 62.3 Å². The minimum Gasteiger partial charge on any atom is -0.465 e. The van der Waals surface area contributed by atoms with Crippen LogP contribution in [0.15, 0.2) is 0 Å². The molecule has 2 fully saturated rings. The van der Waals surface area contributed by atoms with Gasteiger partial charge in [0.15, 0.2) is 0 Å². The minimum absolute atomic E-state index is 0.0255. The van der Waals surface area contributed by atoms with Gasteiger partial charge in [0.05, 0.1) is 5.25 Å². The highest BCUT2D eigenvalue weighted by Crippen LogP contribution is 2.27. The maximum atomic E-state index is 11.9. The quantitative estimate of drug-likeness (QED) is 0.715. The van der Waals surface area contributed by atoms with Gasteiger partial charge in [-0.25, -0.2) is 17.9 Å². The van der Waals surface area contributed by atoms with Crippen molar-refractivity contribution in [3.63, 3.8) is 0 Å². The summed E-state index contributed by atoms with van der Waals surface area (Å²) in [5.41, 5.74) is 0. The van der Waals surface area contributed by atoms with Crippen molar-refractivity contribution in [1.29, 1.82) is 0 Å².